The van der Waals surface area contributed by atoms with Crippen molar-refractivity contribution in [1.82, 2.24) is 15.5 Å². The van der Waals surface area contributed by atoms with Crippen molar-refractivity contribution in [3.05, 3.63) is 0 Å². The molecule has 3 saturated heterocycles. The van der Waals surface area contributed by atoms with Crippen LogP contribution >= 0.6 is 11.8 Å². The second kappa shape index (κ2) is 7.86. The van der Waals surface area contributed by atoms with Gasteiger partial charge in [-0.05, 0) is 32.6 Å². The Morgan fingerprint density at radius 3 is 2.61 bits per heavy atom. The number of nitrogens with one attached hydrogen (secondary N) is 2. The minimum atomic E-state index is -0.661. The maximum absolute atomic E-state index is 13.5. The Labute approximate surface area is 171 Å². The summed E-state index contributed by atoms with van der Waals surface area (Å²) in [6.45, 7) is 7.69. The first kappa shape index (κ1) is 21.4. The van der Waals surface area contributed by atoms with Gasteiger partial charge in [-0.2, -0.15) is 0 Å². The van der Waals surface area contributed by atoms with Crippen LogP contribution in [0.25, 0.3) is 0 Å². The molecule has 7 nitrogen and oxygen atoms in total. The van der Waals surface area contributed by atoms with E-state index in [0.29, 0.717) is 0 Å². The van der Waals surface area contributed by atoms with Crippen LogP contribution in [0.15, 0.2) is 0 Å². The van der Waals surface area contributed by atoms with E-state index < -0.39 is 28.7 Å². The number of nitrogens with zero attached hydrogens (tertiary/aromatic N) is 1. The standard InChI is InChI=1S/C20H33N3O4S/c1-6-7-11(3)22-18(26)16-20-10(2)8-13(28-20)14(17(25)21-5)15(20)19(27)23(16)12(4)9-24/h10-16,24H,6-9H2,1-5H3,(H,21,25)(H,22,26)/t10?,11?,12-,13-,14+,15+,16?,20?/m1/s1. The van der Waals surface area contributed by atoms with Crippen LogP contribution in [0.1, 0.15) is 47.0 Å². The molecule has 8 heteroatoms. The highest BCUT2D eigenvalue weighted by atomic mass is 32.2. The number of likely N-dealkylation sites (tertiary alicyclic amines) is 1. The lowest BCUT2D eigenvalue weighted by Gasteiger charge is -2.40. The first-order valence-electron chi connectivity index (χ1n) is 10.4. The molecule has 0 saturated carbocycles. The molecule has 3 aliphatic heterocycles. The van der Waals surface area contributed by atoms with Gasteiger partial charge in [0.05, 0.1) is 29.2 Å². The summed E-state index contributed by atoms with van der Waals surface area (Å²) >= 11 is 1.66. The van der Waals surface area contributed by atoms with Crippen molar-refractivity contribution in [2.24, 2.45) is 17.8 Å². The highest BCUT2D eigenvalue weighted by molar-refractivity contribution is 8.02. The number of carbonyl (C=O) groups excluding carboxylic acids is 3. The van der Waals surface area contributed by atoms with Gasteiger partial charge in [0, 0.05) is 18.3 Å². The van der Waals surface area contributed by atoms with E-state index in [1.165, 1.54) is 0 Å². The van der Waals surface area contributed by atoms with E-state index in [1.807, 2.05) is 6.92 Å². The normalized spacial score (nSPS) is 38.3. The summed E-state index contributed by atoms with van der Waals surface area (Å²) in [7, 11) is 1.60. The molecule has 1 spiro atoms. The zero-order valence-electron chi connectivity index (χ0n) is 17.4. The SMILES string of the molecule is CCCC(C)NC(=O)C1N([C@H](C)CO)C(=O)[C@@H]2[C@@H](C(=O)NC)[C@H]3CC(C)C12S3. The molecule has 3 amide bonds. The Kier molecular flexibility index (Phi) is 6.01. The minimum absolute atomic E-state index is 0.0166. The molecular formula is C20H33N3O4S. The second-order valence-corrected chi connectivity index (χ2v) is 10.2. The van der Waals surface area contributed by atoms with Crippen LogP contribution in [0, 0.1) is 17.8 Å². The molecule has 3 heterocycles. The lowest BCUT2D eigenvalue weighted by atomic mass is 9.66. The number of carbonyl (C=O) groups is 3. The van der Waals surface area contributed by atoms with Crippen molar-refractivity contribution in [3.8, 4) is 0 Å². The molecule has 0 aromatic carbocycles. The predicted molar refractivity (Wildman–Crippen MR) is 109 cm³/mol. The Morgan fingerprint density at radius 2 is 2.04 bits per heavy atom. The molecule has 3 fully saturated rings. The third-order valence-electron chi connectivity index (χ3n) is 6.83. The van der Waals surface area contributed by atoms with E-state index in [2.05, 4.69) is 24.5 Å². The van der Waals surface area contributed by atoms with Gasteiger partial charge < -0.3 is 20.6 Å². The van der Waals surface area contributed by atoms with Crippen LogP contribution in [0.4, 0.5) is 0 Å². The highest BCUT2D eigenvalue weighted by Crippen LogP contribution is 2.68. The summed E-state index contributed by atoms with van der Waals surface area (Å²) in [4.78, 5) is 41.1. The van der Waals surface area contributed by atoms with Crippen molar-refractivity contribution < 1.29 is 19.5 Å². The van der Waals surface area contributed by atoms with Crippen LogP contribution in [0.5, 0.6) is 0 Å². The number of hydrogen-bond donors (Lipinski definition) is 3. The van der Waals surface area contributed by atoms with Crippen molar-refractivity contribution in [3.63, 3.8) is 0 Å². The van der Waals surface area contributed by atoms with Crippen LogP contribution in [0.2, 0.25) is 0 Å². The van der Waals surface area contributed by atoms with Gasteiger partial charge in [0.2, 0.25) is 17.7 Å². The highest BCUT2D eigenvalue weighted by Gasteiger charge is 2.76. The minimum Gasteiger partial charge on any atom is -0.394 e. The first-order valence-corrected chi connectivity index (χ1v) is 11.2. The summed E-state index contributed by atoms with van der Waals surface area (Å²) < 4.78 is -0.613. The van der Waals surface area contributed by atoms with Crippen LogP contribution < -0.4 is 10.6 Å². The van der Waals surface area contributed by atoms with Gasteiger partial charge in [-0.3, -0.25) is 14.4 Å². The quantitative estimate of drug-likeness (QED) is 0.574. The van der Waals surface area contributed by atoms with E-state index in [0.717, 1.165) is 19.3 Å². The molecular weight excluding hydrogens is 378 g/mol. The van der Waals surface area contributed by atoms with Crippen LogP contribution in [0.3, 0.4) is 0 Å². The molecule has 28 heavy (non-hydrogen) atoms. The smallest absolute Gasteiger partial charge is 0.244 e. The Morgan fingerprint density at radius 1 is 1.36 bits per heavy atom. The molecule has 3 N–H and O–H groups in total. The van der Waals surface area contributed by atoms with Crippen molar-refractivity contribution in [2.45, 2.75) is 75.1 Å². The molecule has 2 bridgehead atoms. The summed E-state index contributed by atoms with van der Waals surface area (Å²) in [5, 5.41) is 15.6. The zero-order chi connectivity index (χ0) is 20.8. The average molecular weight is 412 g/mol. The van der Waals surface area contributed by atoms with Gasteiger partial charge in [0.15, 0.2) is 0 Å². The molecule has 0 aromatic rings. The number of thioether (sulfide) groups is 1. The molecule has 0 aromatic heterocycles. The topological polar surface area (TPSA) is 98.7 Å². The van der Waals surface area contributed by atoms with Gasteiger partial charge in [-0.1, -0.05) is 20.3 Å². The summed E-state index contributed by atoms with van der Waals surface area (Å²) in [6.07, 6.45) is 2.65. The third kappa shape index (κ3) is 2.95. The zero-order valence-corrected chi connectivity index (χ0v) is 18.2. The molecule has 3 rings (SSSR count). The lowest BCUT2D eigenvalue weighted by Crippen LogP contribution is -2.59. The first-order chi connectivity index (χ1) is 13.2. The molecule has 0 aliphatic carbocycles. The fraction of sp³-hybridized carbons (Fsp3) is 0.850. The number of aliphatic hydroxyl groups is 1. The second-order valence-electron chi connectivity index (χ2n) is 8.64. The monoisotopic (exact) mass is 411 g/mol. The van der Waals surface area contributed by atoms with Gasteiger partial charge in [-0.25, -0.2) is 0 Å². The number of fused-ring (bicyclic) bond motifs is 1. The lowest BCUT2D eigenvalue weighted by molar-refractivity contribution is -0.142. The van der Waals surface area contributed by atoms with E-state index in [4.69, 9.17) is 0 Å². The molecule has 0 radical (unpaired) electrons. The van der Waals surface area contributed by atoms with Gasteiger partial charge in [-0.15, -0.1) is 11.8 Å². The Balaban J connectivity index is 2.04. The van der Waals surface area contributed by atoms with Gasteiger partial charge in [0.1, 0.15) is 6.04 Å². The molecule has 8 atom stereocenters. The van der Waals surface area contributed by atoms with E-state index >= 15 is 0 Å². The van der Waals surface area contributed by atoms with Crippen molar-refractivity contribution in [1.29, 1.82) is 0 Å². The Hall–Kier alpha value is -1.28. The third-order valence-corrected chi connectivity index (χ3v) is 8.91. The fourth-order valence-electron chi connectivity index (χ4n) is 5.61. The molecule has 4 unspecified atom stereocenters. The number of hydrogen-bond acceptors (Lipinski definition) is 5. The summed E-state index contributed by atoms with van der Waals surface area (Å²) in [5.41, 5.74) is 0. The molecule has 158 valence electrons. The predicted octanol–water partition coefficient (Wildman–Crippen LogP) is 0.755. The van der Waals surface area contributed by atoms with Crippen molar-refractivity contribution in [2.75, 3.05) is 13.7 Å². The van der Waals surface area contributed by atoms with Gasteiger partial charge >= 0.3 is 0 Å². The summed E-state index contributed by atoms with van der Waals surface area (Å²) in [6, 6.07) is -1.11. The summed E-state index contributed by atoms with van der Waals surface area (Å²) in [5.74, 6) is -1.24. The van der Waals surface area contributed by atoms with Crippen molar-refractivity contribution >= 4 is 29.5 Å². The fourth-order valence-corrected chi connectivity index (χ4v) is 8.02. The number of aliphatic hydroxyl groups excluding tert-OH is 1. The average Bonchev–Trinajstić information content (AvgIpc) is 3.24. The largest absolute Gasteiger partial charge is 0.394 e. The Bertz CT molecular complexity index is 659. The van der Waals surface area contributed by atoms with E-state index in [-0.39, 0.29) is 41.5 Å². The van der Waals surface area contributed by atoms with Gasteiger partial charge in [0.25, 0.3) is 0 Å². The van der Waals surface area contributed by atoms with E-state index in [9.17, 15) is 19.5 Å². The van der Waals surface area contributed by atoms with Crippen LogP contribution in [-0.2, 0) is 14.4 Å². The molecule has 3 aliphatic rings. The number of amides is 3. The van der Waals surface area contributed by atoms with E-state index in [1.54, 1.807) is 30.6 Å². The maximum Gasteiger partial charge on any atom is 0.244 e. The maximum atomic E-state index is 13.5. The van der Waals surface area contributed by atoms with Crippen LogP contribution in [-0.4, -0.2) is 69.5 Å². The number of rotatable bonds is 7.